The van der Waals surface area contributed by atoms with E-state index in [1.165, 1.54) is 31.2 Å². The van der Waals surface area contributed by atoms with Gasteiger partial charge in [-0.2, -0.15) is 0 Å². The number of hydrogen-bond donors (Lipinski definition) is 0. The van der Waals surface area contributed by atoms with Gasteiger partial charge < -0.3 is 9.15 Å². The molecule has 0 aliphatic carbocycles. The fourth-order valence-electron chi connectivity index (χ4n) is 1.32. The number of esters is 1. The first-order chi connectivity index (χ1) is 9.06. The van der Waals surface area contributed by atoms with Crippen molar-refractivity contribution in [3.05, 3.63) is 40.3 Å². The number of nitrogens with zero attached hydrogens (tertiary/aromatic N) is 3. The first-order valence-corrected chi connectivity index (χ1v) is 5.27. The van der Waals surface area contributed by atoms with Gasteiger partial charge >= 0.3 is 5.97 Å². The molecule has 8 heteroatoms. The molecule has 1 aromatic heterocycles. The van der Waals surface area contributed by atoms with Crippen molar-refractivity contribution in [2.24, 2.45) is 0 Å². The molecular formula is C11H9N3O5. The van der Waals surface area contributed by atoms with Crippen molar-refractivity contribution >= 4 is 11.7 Å². The average Bonchev–Trinajstić information content (AvgIpc) is 2.85. The Balaban J connectivity index is 2.13. The van der Waals surface area contributed by atoms with E-state index >= 15 is 0 Å². The molecule has 2 rings (SSSR count). The molecule has 0 amide bonds. The van der Waals surface area contributed by atoms with Gasteiger partial charge in [0.05, 0.1) is 4.92 Å². The highest BCUT2D eigenvalue weighted by Gasteiger charge is 2.11. The molecule has 98 valence electrons. The summed E-state index contributed by atoms with van der Waals surface area (Å²) in [7, 11) is 0. The average molecular weight is 263 g/mol. The van der Waals surface area contributed by atoms with E-state index in [1.54, 1.807) is 0 Å². The van der Waals surface area contributed by atoms with Crippen molar-refractivity contribution in [2.45, 2.75) is 13.5 Å². The minimum Gasteiger partial charge on any atom is -0.456 e. The normalized spacial score (nSPS) is 10.2. The molecule has 0 aliphatic heterocycles. The molecule has 1 aromatic carbocycles. The molecule has 0 unspecified atom stereocenters. The quantitative estimate of drug-likeness (QED) is 0.469. The molecule has 0 saturated carbocycles. The molecule has 0 spiro atoms. The summed E-state index contributed by atoms with van der Waals surface area (Å²) in [6.45, 7) is 1.17. The van der Waals surface area contributed by atoms with Crippen LogP contribution < -0.4 is 0 Å². The Hall–Kier alpha value is -2.77. The van der Waals surface area contributed by atoms with Crippen molar-refractivity contribution < 1.29 is 18.9 Å². The minimum absolute atomic E-state index is 0.0246. The summed E-state index contributed by atoms with van der Waals surface area (Å²) in [5.74, 6) is -0.0873. The lowest BCUT2D eigenvalue weighted by atomic mass is 10.2. The summed E-state index contributed by atoms with van der Waals surface area (Å²) in [4.78, 5) is 20.6. The molecule has 0 saturated heterocycles. The second-order valence-electron chi connectivity index (χ2n) is 3.59. The SMILES string of the molecule is CC(=O)OCc1nnc(-c2ccc([N+](=O)[O-])cc2)o1. The molecule has 2 aromatic rings. The summed E-state index contributed by atoms with van der Waals surface area (Å²) in [5, 5.41) is 18.0. The van der Waals surface area contributed by atoms with Gasteiger partial charge in [-0.05, 0) is 12.1 Å². The largest absolute Gasteiger partial charge is 0.456 e. The Kier molecular flexibility index (Phi) is 3.51. The van der Waals surface area contributed by atoms with Gasteiger partial charge in [0.2, 0.25) is 5.89 Å². The zero-order valence-corrected chi connectivity index (χ0v) is 9.90. The first kappa shape index (κ1) is 12.7. The van der Waals surface area contributed by atoms with Gasteiger partial charge in [-0.25, -0.2) is 0 Å². The van der Waals surface area contributed by atoms with Crippen LogP contribution in [0.25, 0.3) is 11.5 Å². The van der Waals surface area contributed by atoms with Gasteiger partial charge in [0.15, 0.2) is 6.61 Å². The number of carbonyl (C=O) groups is 1. The second kappa shape index (κ2) is 5.25. The monoisotopic (exact) mass is 263 g/mol. The van der Waals surface area contributed by atoms with Crippen LogP contribution in [0.2, 0.25) is 0 Å². The lowest BCUT2D eigenvalue weighted by Gasteiger charge is -1.96. The third kappa shape index (κ3) is 3.12. The van der Waals surface area contributed by atoms with E-state index in [-0.39, 0.29) is 24.1 Å². The summed E-state index contributed by atoms with van der Waals surface area (Å²) in [6, 6.07) is 5.68. The third-order valence-electron chi connectivity index (χ3n) is 2.19. The predicted octanol–water partition coefficient (Wildman–Crippen LogP) is 1.71. The second-order valence-corrected chi connectivity index (χ2v) is 3.59. The van der Waals surface area contributed by atoms with Crippen molar-refractivity contribution in [1.29, 1.82) is 0 Å². The molecule has 1 heterocycles. The summed E-state index contributed by atoms with van der Waals surface area (Å²) in [5.41, 5.74) is 0.524. The fraction of sp³-hybridized carbons (Fsp3) is 0.182. The van der Waals surface area contributed by atoms with E-state index in [4.69, 9.17) is 9.15 Å². The van der Waals surface area contributed by atoms with E-state index in [1.807, 2.05) is 0 Å². The molecule has 0 bridgehead atoms. The zero-order chi connectivity index (χ0) is 13.8. The third-order valence-corrected chi connectivity index (χ3v) is 2.19. The highest BCUT2D eigenvalue weighted by atomic mass is 16.6. The maximum atomic E-state index is 10.6. The van der Waals surface area contributed by atoms with Crippen LogP contribution in [-0.2, 0) is 16.1 Å². The van der Waals surface area contributed by atoms with Crippen molar-refractivity contribution in [2.75, 3.05) is 0 Å². The fourth-order valence-corrected chi connectivity index (χ4v) is 1.32. The predicted molar refractivity (Wildman–Crippen MR) is 61.9 cm³/mol. The number of ether oxygens (including phenoxy) is 1. The number of benzene rings is 1. The Labute approximate surface area is 107 Å². The summed E-state index contributed by atoms with van der Waals surface area (Å²) >= 11 is 0. The van der Waals surface area contributed by atoms with Gasteiger partial charge in [0, 0.05) is 24.6 Å². The number of carbonyl (C=O) groups excluding carboxylic acids is 1. The van der Waals surface area contributed by atoms with Crippen LogP contribution in [0.4, 0.5) is 5.69 Å². The molecule has 0 aliphatic rings. The van der Waals surface area contributed by atoms with Crippen LogP contribution >= 0.6 is 0 Å². The first-order valence-electron chi connectivity index (χ1n) is 5.27. The highest BCUT2D eigenvalue weighted by Crippen LogP contribution is 2.21. The van der Waals surface area contributed by atoms with Gasteiger partial charge in [0.25, 0.3) is 11.6 Å². The van der Waals surface area contributed by atoms with Crippen molar-refractivity contribution in [3.63, 3.8) is 0 Å². The number of non-ortho nitro benzene ring substituents is 1. The van der Waals surface area contributed by atoms with Gasteiger partial charge in [-0.1, -0.05) is 0 Å². The lowest BCUT2D eigenvalue weighted by Crippen LogP contribution is -1.98. The Bertz CT molecular complexity index is 605. The molecule has 19 heavy (non-hydrogen) atoms. The van der Waals surface area contributed by atoms with E-state index in [9.17, 15) is 14.9 Å². The zero-order valence-electron chi connectivity index (χ0n) is 9.90. The molecule has 0 radical (unpaired) electrons. The van der Waals surface area contributed by atoms with Gasteiger partial charge in [0.1, 0.15) is 0 Å². The van der Waals surface area contributed by atoms with Crippen LogP contribution in [0, 0.1) is 10.1 Å². The number of nitro benzene ring substituents is 1. The Morgan fingerprint density at radius 2 is 2.05 bits per heavy atom. The topological polar surface area (TPSA) is 108 Å². The van der Waals surface area contributed by atoms with E-state index in [0.29, 0.717) is 5.56 Å². The van der Waals surface area contributed by atoms with Crippen LogP contribution in [0.1, 0.15) is 12.8 Å². The van der Waals surface area contributed by atoms with Crippen LogP contribution in [0.5, 0.6) is 0 Å². The molecule has 0 N–H and O–H groups in total. The molecule has 8 nitrogen and oxygen atoms in total. The molecular weight excluding hydrogens is 254 g/mol. The van der Waals surface area contributed by atoms with Crippen molar-refractivity contribution in [3.8, 4) is 11.5 Å². The number of rotatable bonds is 4. The summed E-state index contributed by atoms with van der Waals surface area (Å²) in [6.07, 6.45) is 0. The van der Waals surface area contributed by atoms with Crippen molar-refractivity contribution in [1.82, 2.24) is 10.2 Å². The van der Waals surface area contributed by atoms with Gasteiger partial charge in [-0.3, -0.25) is 14.9 Å². The number of hydrogen-bond acceptors (Lipinski definition) is 7. The highest BCUT2D eigenvalue weighted by molar-refractivity contribution is 5.65. The van der Waals surface area contributed by atoms with Crippen LogP contribution in [-0.4, -0.2) is 21.1 Å². The number of nitro groups is 1. The molecule has 0 fully saturated rings. The van der Waals surface area contributed by atoms with E-state index < -0.39 is 10.9 Å². The van der Waals surface area contributed by atoms with Gasteiger partial charge in [-0.15, -0.1) is 10.2 Å². The Morgan fingerprint density at radius 1 is 1.37 bits per heavy atom. The lowest BCUT2D eigenvalue weighted by molar-refractivity contribution is -0.384. The van der Waals surface area contributed by atoms with Crippen LogP contribution in [0.3, 0.4) is 0 Å². The Morgan fingerprint density at radius 3 is 2.63 bits per heavy atom. The minimum atomic E-state index is -0.496. The van der Waals surface area contributed by atoms with E-state index in [0.717, 1.165) is 0 Å². The van der Waals surface area contributed by atoms with E-state index in [2.05, 4.69) is 10.2 Å². The maximum absolute atomic E-state index is 10.6. The number of aromatic nitrogens is 2. The summed E-state index contributed by atoms with van der Waals surface area (Å²) < 4.78 is 9.95. The van der Waals surface area contributed by atoms with Crippen LogP contribution in [0.15, 0.2) is 28.7 Å². The standard InChI is InChI=1S/C11H9N3O5/c1-7(15)18-6-10-12-13-11(19-10)8-2-4-9(5-3-8)14(16)17/h2-5H,6H2,1H3. The maximum Gasteiger partial charge on any atom is 0.303 e. The smallest absolute Gasteiger partial charge is 0.303 e. The molecule has 0 atom stereocenters.